The number of benzene rings is 2. The molecule has 0 aromatic heterocycles. The van der Waals surface area contributed by atoms with Crippen LogP contribution in [0.3, 0.4) is 0 Å². The molecule has 2 N–H and O–H groups in total. The molecule has 2 aromatic rings. The van der Waals surface area contributed by atoms with E-state index in [1.54, 1.807) is 18.2 Å². The summed E-state index contributed by atoms with van der Waals surface area (Å²) in [5, 5.41) is 5.58. The molecular weight excluding hydrogens is 368 g/mol. The van der Waals surface area contributed by atoms with Crippen molar-refractivity contribution in [1.82, 2.24) is 5.32 Å². The number of hydrogen-bond acceptors (Lipinski definition) is 2. The topological polar surface area (TPSA) is 58.2 Å². The Morgan fingerprint density at radius 3 is 2.67 bits per heavy atom. The van der Waals surface area contributed by atoms with Gasteiger partial charge in [0.15, 0.2) is 0 Å². The molecule has 24 heavy (non-hydrogen) atoms. The lowest BCUT2D eigenvalue weighted by atomic mass is 9.90. The van der Waals surface area contributed by atoms with Crippen molar-refractivity contribution in [3.8, 4) is 0 Å². The monoisotopic (exact) mass is 386 g/mol. The zero-order chi connectivity index (χ0) is 16.9. The second-order valence-corrected chi connectivity index (χ2v) is 6.81. The molecule has 0 fully saturated rings. The van der Waals surface area contributed by atoms with Gasteiger partial charge in [0.2, 0.25) is 5.91 Å². The molecule has 5 heteroatoms. The van der Waals surface area contributed by atoms with Gasteiger partial charge in [-0.2, -0.15) is 0 Å². The fourth-order valence-electron chi connectivity index (χ4n) is 2.99. The minimum absolute atomic E-state index is 0.0466. The molecule has 2 amide bonds. The maximum Gasteiger partial charge on any atom is 0.251 e. The van der Waals surface area contributed by atoms with Crippen LogP contribution in [0, 0.1) is 0 Å². The van der Waals surface area contributed by atoms with Crippen molar-refractivity contribution in [3.05, 3.63) is 63.6 Å². The summed E-state index contributed by atoms with van der Waals surface area (Å²) in [5.41, 5.74) is 3.94. The zero-order valence-corrected chi connectivity index (χ0v) is 14.9. The van der Waals surface area contributed by atoms with E-state index >= 15 is 0 Å². The highest BCUT2D eigenvalue weighted by molar-refractivity contribution is 9.10. The first-order valence-electron chi connectivity index (χ1n) is 8.08. The van der Waals surface area contributed by atoms with Crippen LogP contribution in [0.1, 0.15) is 34.3 Å². The first kappa shape index (κ1) is 16.7. The van der Waals surface area contributed by atoms with Gasteiger partial charge in [0.05, 0.1) is 6.54 Å². The van der Waals surface area contributed by atoms with Gasteiger partial charge in [0, 0.05) is 15.7 Å². The first-order chi connectivity index (χ1) is 11.6. The lowest BCUT2D eigenvalue weighted by Crippen LogP contribution is -2.33. The van der Waals surface area contributed by atoms with Crippen molar-refractivity contribution in [2.75, 3.05) is 11.9 Å². The predicted octanol–water partition coefficient (Wildman–Crippen LogP) is 3.70. The van der Waals surface area contributed by atoms with E-state index in [0.717, 1.165) is 29.4 Å². The lowest BCUT2D eigenvalue weighted by molar-refractivity contribution is -0.115. The molecule has 0 aliphatic heterocycles. The van der Waals surface area contributed by atoms with E-state index in [1.165, 1.54) is 17.5 Å². The Labute approximate surface area is 149 Å². The molecule has 124 valence electrons. The number of fused-ring (bicyclic) bond motifs is 1. The van der Waals surface area contributed by atoms with Crippen LogP contribution in [0.4, 0.5) is 5.69 Å². The highest BCUT2D eigenvalue weighted by atomic mass is 79.9. The maximum absolute atomic E-state index is 12.2. The Bertz CT molecular complexity index is 774. The SMILES string of the molecule is O=C(CNC(=O)c1cccc(Br)c1)Nc1cccc2c1CCCC2. The number of carbonyl (C=O) groups excluding carboxylic acids is 2. The summed E-state index contributed by atoms with van der Waals surface area (Å²) < 4.78 is 0.829. The van der Waals surface area contributed by atoms with E-state index in [9.17, 15) is 9.59 Å². The number of halogens is 1. The van der Waals surface area contributed by atoms with Gasteiger partial charge in [-0.1, -0.05) is 34.1 Å². The van der Waals surface area contributed by atoms with Gasteiger partial charge in [-0.05, 0) is 61.1 Å². The largest absolute Gasteiger partial charge is 0.343 e. The lowest BCUT2D eigenvalue weighted by Gasteiger charge is -2.19. The van der Waals surface area contributed by atoms with Crippen LogP contribution in [-0.2, 0) is 17.6 Å². The third-order valence-corrected chi connectivity index (χ3v) is 4.66. The highest BCUT2D eigenvalue weighted by Gasteiger charge is 2.15. The van der Waals surface area contributed by atoms with Gasteiger partial charge in [-0.3, -0.25) is 9.59 Å². The number of amides is 2. The van der Waals surface area contributed by atoms with E-state index in [4.69, 9.17) is 0 Å². The molecular formula is C19H19BrN2O2. The van der Waals surface area contributed by atoms with Crippen LogP contribution >= 0.6 is 15.9 Å². The summed E-state index contributed by atoms with van der Waals surface area (Å²) in [6, 6.07) is 13.1. The highest BCUT2D eigenvalue weighted by Crippen LogP contribution is 2.27. The molecule has 0 spiro atoms. The zero-order valence-electron chi connectivity index (χ0n) is 13.3. The molecule has 1 aliphatic carbocycles. The van der Waals surface area contributed by atoms with Gasteiger partial charge in [-0.25, -0.2) is 0 Å². The van der Waals surface area contributed by atoms with Crippen LogP contribution in [0.15, 0.2) is 46.9 Å². The Morgan fingerprint density at radius 2 is 1.83 bits per heavy atom. The number of carbonyl (C=O) groups is 2. The van der Waals surface area contributed by atoms with Crippen molar-refractivity contribution in [3.63, 3.8) is 0 Å². The predicted molar refractivity (Wildman–Crippen MR) is 98.2 cm³/mol. The summed E-state index contributed by atoms with van der Waals surface area (Å²) in [4.78, 5) is 24.2. The molecule has 2 aromatic carbocycles. The van der Waals surface area contributed by atoms with Crippen molar-refractivity contribution in [2.24, 2.45) is 0 Å². The molecule has 0 unspecified atom stereocenters. The van der Waals surface area contributed by atoms with E-state index in [0.29, 0.717) is 5.56 Å². The quantitative estimate of drug-likeness (QED) is 0.841. The van der Waals surface area contributed by atoms with Crippen molar-refractivity contribution in [1.29, 1.82) is 0 Å². The Balaban J connectivity index is 1.59. The van der Waals surface area contributed by atoms with E-state index in [2.05, 4.69) is 32.6 Å². The number of aryl methyl sites for hydroxylation is 1. The third-order valence-electron chi connectivity index (χ3n) is 4.17. The van der Waals surface area contributed by atoms with Crippen LogP contribution < -0.4 is 10.6 Å². The summed E-state index contributed by atoms with van der Waals surface area (Å²) in [6.07, 6.45) is 4.42. The average Bonchev–Trinajstić information content (AvgIpc) is 2.60. The number of nitrogens with one attached hydrogen (secondary N) is 2. The molecule has 3 rings (SSSR count). The molecule has 4 nitrogen and oxygen atoms in total. The fraction of sp³-hybridized carbons (Fsp3) is 0.263. The normalized spacial score (nSPS) is 13.0. The maximum atomic E-state index is 12.2. The standard InChI is InChI=1S/C19H19BrN2O2/c20-15-8-3-7-14(11-15)19(24)21-12-18(23)22-17-10-4-6-13-5-1-2-9-16(13)17/h3-4,6-8,10-11H,1-2,5,9,12H2,(H,21,24)(H,22,23). The van der Waals surface area contributed by atoms with Crippen LogP contribution in [0.5, 0.6) is 0 Å². The van der Waals surface area contributed by atoms with Gasteiger partial charge >= 0.3 is 0 Å². The Morgan fingerprint density at radius 1 is 1.04 bits per heavy atom. The van der Waals surface area contributed by atoms with E-state index in [-0.39, 0.29) is 18.4 Å². The average molecular weight is 387 g/mol. The van der Waals surface area contributed by atoms with Gasteiger partial charge in [-0.15, -0.1) is 0 Å². The smallest absolute Gasteiger partial charge is 0.251 e. The molecule has 0 saturated carbocycles. The summed E-state index contributed by atoms with van der Waals surface area (Å²) in [6.45, 7) is -0.0466. The van der Waals surface area contributed by atoms with Crippen LogP contribution in [-0.4, -0.2) is 18.4 Å². The number of hydrogen-bond donors (Lipinski definition) is 2. The fourth-order valence-corrected chi connectivity index (χ4v) is 3.38. The third kappa shape index (κ3) is 4.03. The summed E-state index contributed by atoms with van der Waals surface area (Å²) >= 11 is 3.33. The molecule has 0 radical (unpaired) electrons. The minimum atomic E-state index is -0.262. The Kier molecular flexibility index (Phi) is 5.30. The second kappa shape index (κ2) is 7.62. The van der Waals surface area contributed by atoms with E-state index in [1.807, 2.05) is 18.2 Å². The molecule has 1 aliphatic rings. The van der Waals surface area contributed by atoms with Gasteiger partial charge in [0.1, 0.15) is 0 Å². The van der Waals surface area contributed by atoms with Crippen molar-refractivity contribution in [2.45, 2.75) is 25.7 Å². The molecule has 0 bridgehead atoms. The number of anilines is 1. The van der Waals surface area contributed by atoms with Crippen molar-refractivity contribution >= 4 is 33.4 Å². The summed E-state index contributed by atoms with van der Waals surface area (Å²) in [7, 11) is 0. The molecule has 0 saturated heterocycles. The van der Waals surface area contributed by atoms with E-state index < -0.39 is 0 Å². The first-order valence-corrected chi connectivity index (χ1v) is 8.87. The Hall–Kier alpha value is -2.14. The minimum Gasteiger partial charge on any atom is -0.343 e. The van der Waals surface area contributed by atoms with Gasteiger partial charge < -0.3 is 10.6 Å². The van der Waals surface area contributed by atoms with Gasteiger partial charge in [0.25, 0.3) is 5.91 Å². The second-order valence-electron chi connectivity index (χ2n) is 5.89. The molecule has 0 heterocycles. The molecule has 0 atom stereocenters. The van der Waals surface area contributed by atoms with Crippen LogP contribution in [0.25, 0.3) is 0 Å². The number of rotatable bonds is 4. The summed E-state index contributed by atoms with van der Waals surface area (Å²) in [5.74, 6) is -0.473. The van der Waals surface area contributed by atoms with Crippen LogP contribution in [0.2, 0.25) is 0 Å². The van der Waals surface area contributed by atoms with Crippen molar-refractivity contribution < 1.29 is 9.59 Å².